The second kappa shape index (κ2) is 11.3. The average molecular weight is 574 g/mol. The molecule has 3 heterocycles. The van der Waals surface area contributed by atoms with Gasteiger partial charge in [-0.2, -0.15) is 0 Å². The first-order valence-corrected chi connectivity index (χ1v) is 13.4. The number of ether oxygens (including phenoxy) is 2. The minimum atomic E-state index is -1.08. The quantitative estimate of drug-likeness (QED) is 0.217. The fourth-order valence-electron chi connectivity index (χ4n) is 4.93. The lowest BCUT2D eigenvalue weighted by atomic mass is 10.0. The van der Waals surface area contributed by atoms with Gasteiger partial charge in [-0.25, -0.2) is 27.9 Å². The van der Waals surface area contributed by atoms with E-state index in [0.29, 0.717) is 35.6 Å². The molecule has 5 aromatic rings. The Morgan fingerprint density at radius 1 is 1.02 bits per heavy atom. The Labute approximate surface area is 239 Å². The van der Waals surface area contributed by atoms with Crippen LogP contribution in [0.15, 0.2) is 66.7 Å². The van der Waals surface area contributed by atoms with Crippen molar-refractivity contribution in [1.29, 1.82) is 0 Å². The summed E-state index contributed by atoms with van der Waals surface area (Å²) in [5.41, 5.74) is 2.66. The summed E-state index contributed by atoms with van der Waals surface area (Å²) in [4.78, 5) is 20.5. The number of pyridine rings is 1. The molecule has 1 fully saturated rings. The first-order valence-electron chi connectivity index (χ1n) is 13.4. The number of aromatic nitrogens is 3. The van der Waals surface area contributed by atoms with E-state index in [1.165, 1.54) is 30.3 Å². The molecule has 214 valence electrons. The van der Waals surface area contributed by atoms with Crippen molar-refractivity contribution in [2.24, 2.45) is 0 Å². The number of carboxylic acid groups (broad SMARTS) is 1. The summed E-state index contributed by atoms with van der Waals surface area (Å²) >= 11 is 0. The Hall–Kier alpha value is -4.70. The van der Waals surface area contributed by atoms with E-state index < -0.39 is 17.6 Å². The van der Waals surface area contributed by atoms with E-state index in [9.17, 15) is 14.3 Å². The summed E-state index contributed by atoms with van der Waals surface area (Å²) in [6.07, 6.45) is 0.584. The van der Waals surface area contributed by atoms with E-state index in [2.05, 4.69) is 9.97 Å². The number of halogens is 3. The maximum atomic E-state index is 15.4. The molecular formula is C32H26F3N3O4. The fourth-order valence-corrected chi connectivity index (χ4v) is 4.93. The molecule has 1 N–H and O–H groups in total. The smallest absolute Gasteiger partial charge is 0.335 e. The molecule has 0 unspecified atom stereocenters. The molecule has 42 heavy (non-hydrogen) atoms. The maximum absolute atomic E-state index is 15.4. The number of aryl methyl sites for hydroxylation is 1. The number of aromatic carboxylic acids is 1. The Morgan fingerprint density at radius 2 is 1.81 bits per heavy atom. The molecule has 3 aromatic carbocycles. The molecule has 1 aliphatic rings. The largest absolute Gasteiger partial charge is 0.478 e. The predicted molar refractivity (Wildman–Crippen MR) is 149 cm³/mol. The number of imidazole rings is 1. The molecule has 0 saturated carbocycles. The number of hydrogen-bond donors (Lipinski definition) is 1. The summed E-state index contributed by atoms with van der Waals surface area (Å²) in [6.45, 7) is 2.75. The first kappa shape index (κ1) is 27.5. The van der Waals surface area contributed by atoms with E-state index in [0.717, 1.165) is 12.0 Å². The summed E-state index contributed by atoms with van der Waals surface area (Å²) in [6, 6.07) is 16.6. The third kappa shape index (κ3) is 5.58. The molecule has 1 atom stereocenters. The van der Waals surface area contributed by atoms with Gasteiger partial charge in [0.05, 0.1) is 34.9 Å². The van der Waals surface area contributed by atoms with Gasteiger partial charge in [-0.1, -0.05) is 18.2 Å². The zero-order valence-corrected chi connectivity index (χ0v) is 22.6. The van der Waals surface area contributed by atoms with Crippen molar-refractivity contribution in [2.45, 2.75) is 39.0 Å². The van der Waals surface area contributed by atoms with Crippen molar-refractivity contribution in [2.75, 3.05) is 6.61 Å². The van der Waals surface area contributed by atoms with Crippen molar-refractivity contribution >= 4 is 17.0 Å². The van der Waals surface area contributed by atoms with Gasteiger partial charge in [0.2, 0.25) is 5.88 Å². The number of hydrogen-bond acceptors (Lipinski definition) is 5. The third-order valence-corrected chi connectivity index (χ3v) is 7.33. The normalized spacial score (nSPS) is 14.6. The Balaban J connectivity index is 1.27. The average Bonchev–Trinajstić information content (AvgIpc) is 3.28. The Bertz CT molecular complexity index is 1790. The second-order valence-electron chi connectivity index (χ2n) is 10.3. The number of rotatable bonds is 9. The standard InChI is InChI=1S/C32H26F3N3O4/c1-18-5-6-20(24(33)11-18)17-42-31-4-2-3-27(37-31)21-12-25(34)23(26(35)13-21)15-30-36-28-8-7-19(32(39)40)14-29(28)38(30)16-22-9-10-41-22/h2-8,11-14,22H,9-10,15-17H2,1H3,(H,39,40)/t22-/m0/s1. The lowest BCUT2D eigenvalue weighted by Crippen LogP contribution is -2.31. The number of carboxylic acids is 1. The maximum Gasteiger partial charge on any atom is 0.335 e. The van der Waals surface area contributed by atoms with Gasteiger partial charge < -0.3 is 19.1 Å². The van der Waals surface area contributed by atoms with Crippen LogP contribution in [0.4, 0.5) is 13.2 Å². The highest BCUT2D eigenvalue weighted by Gasteiger charge is 2.24. The van der Waals surface area contributed by atoms with Crippen LogP contribution in [0.1, 0.15) is 39.3 Å². The molecule has 10 heteroatoms. The Morgan fingerprint density at radius 3 is 2.50 bits per heavy atom. The fraction of sp³-hybridized carbons (Fsp3) is 0.219. The van der Waals surface area contributed by atoms with Gasteiger partial charge in [0.15, 0.2) is 0 Å². The van der Waals surface area contributed by atoms with Gasteiger partial charge in [-0.15, -0.1) is 0 Å². The van der Waals surface area contributed by atoms with E-state index >= 15 is 8.78 Å². The summed E-state index contributed by atoms with van der Waals surface area (Å²) in [5.74, 6) is -2.43. The highest BCUT2D eigenvalue weighted by molar-refractivity contribution is 5.92. The minimum absolute atomic E-state index is 0.0505. The zero-order valence-electron chi connectivity index (χ0n) is 22.6. The van der Waals surface area contributed by atoms with E-state index in [1.54, 1.807) is 47.9 Å². The summed E-state index contributed by atoms with van der Waals surface area (Å²) in [5, 5.41) is 9.45. The molecule has 7 nitrogen and oxygen atoms in total. The SMILES string of the molecule is Cc1ccc(COc2cccc(-c3cc(F)c(Cc4nc5ccc(C(=O)O)cc5n4C[C@@H]4CCO4)c(F)c3)n2)c(F)c1. The van der Waals surface area contributed by atoms with Gasteiger partial charge >= 0.3 is 5.97 Å². The van der Waals surface area contributed by atoms with Crippen LogP contribution in [0.2, 0.25) is 0 Å². The van der Waals surface area contributed by atoms with Gasteiger partial charge in [-0.3, -0.25) is 0 Å². The molecule has 1 saturated heterocycles. The van der Waals surface area contributed by atoms with Crippen molar-refractivity contribution in [3.8, 4) is 17.1 Å². The van der Waals surface area contributed by atoms with Crippen molar-refractivity contribution in [1.82, 2.24) is 14.5 Å². The van der Waals surface area contributed by atoms with Gasteiger partial charge in [0.25, 0.3) is 0 Å². The zero-order chi connectivity index (χ0) is 29.4. The highest BCUT2D eigenvalue weighted by atomic mass is 19.1. The van der Waals surface area contributed by atoms with Crippen LogP contribution in [-0.2, 0) is 24.3 Å². The molecule has 2 aromatic heterocycles. The monoisotopic (exact) mass is 573 g/mol. The minimum Gasteiger partial charge on any atom is -0.478 e. The highest BCUT2D eigenvalue weighted by Crippen LogP contribution is 2.29. The topological polar surface area (TPSA) is 86.5 Å². The van der Waals surface area contributed by atoms with Gasteiger partial charge in [-0.05, 0) is 61.4 Å². The molecular weight excluding hydrogens is 547 g/mol. The number of fused-ring (bicyclic) bond motifs is 1. The van der Waals surface area contributed by atoms with E-state index in [-0.39, 0.29) is 53.2 Å². The number of nitrogens with zero attached hydrogens (tertiary/aromatic N) is 3. The second-order valence-corrected chi connectivity index (χ2v) is 10.3. The molecule has 0 radical (unpaired) electrons. The van der Waals surface area contributed by atoms with Crippen molar-refractivity contribution < 1.29 is 32.5 Å². The lowest BCUT2D eigenvalue weighted by Gasteiger charge is -2.27. The molecule has 1 aliphatic heterocycles. The molecule has 0 bridgehead atoms. The Kier molecular flexibility index (Phi) is 7.38. The van der Waals surface area contributed by atoms with E-state index in [1.807, 2.05) is 0 Å². The van der Waals surface area contributed by atoms with Crippen LogP contribution in [0, 0.1) is 24.4 Å². The van der Waals surface area contributed by atoms with Gasteiger partial charge in [0.1, 0.15) is 29.9 Å². The van der Waals surface area contributed by atoms with Crippen LogP contribution < -0.4 is 4.74 Å². The molecule has 0 aliphatic carbocycles. The predicted octanol–water partition coefficient (Wildman–Crippen LogP) is 6.48. The van der Waals surface area contributed by atoms with Crippen LogP contribution >= 0.6 is 0 Å². The van der Waals surface area contributed by atoms with Crippen LogP contribution in [0.3, 0.4) is 0 Å². The third-order valence-electron chi connectivity index (χ3n) is 7.33. The lowest BCUT2D eigenvalue weighted by molar-refractivity contribution is -0.0589. The first-order chi connectivity index (χ1) is 20.2. The summed E-state index contributed by atoms with van der Waals surface area (Å²) < 4.78 is 58.1. The van der Waals surface area contributed by atoms with Crippen LogP contribution in [0.5, 0.6) is 5.88 Å². The summed E-state index contributed by atoms with van der Waals surface area (Å²) in [7, 11) is 0. The number of benzene rings is 3. The van der Waals surface area contributed by atoms with Crippen LogP contribution in [-0.4, -0.2) is 38.3 Å². The van der Waals surface area contributed by atoms with Crippen LogP contribution in [0.25, 0.3) is 22.3 Å². The van der Waals surface area contributed by atoms with Gasteiger partial charge in [0, 0.05) is 35.8 Å². The molecule has 0 spiro atoms. The molecule has 6 rings (SSSR count). The molecule has 0 amide bonds. The van der Waals surface area contributed by atoms with E-state index in [4.69, 9.17) is 9.47 Å². The van der Waals surface area contributed by atoms with Crippen molar-refractivity contribution in [3.05, 3.63) is 112 Å². The van der Waals surface area contributed by atoms with Crippen molar-refractivity contribution in [3.63, 3.8) is 0 Å². The number of carbonyl (C=O) groups is 1.